The van der Waals surface area contributed by atoms with Gasteiger partial charge in [-0.25, -0.2) is 0 Å². The van der Waals surface area contributed by atoms with E-state index in [1.165, 1.54) is 63.8 Å². The average Bonchev–Trinajstić information content (AvgIpc) is 3.89. The maximum absolute atomic E-state index is 6.56. The molecule has 3 aromatic heterocycles. The van der Waals surface area contributed by atoms with Crippen molar-refractivity contribution in [2.45, 2.75) is 0 Å². The molecule has 0 aliphatic carbocycles. The van der Waals surface area contributed by atoms with Gasteiger partial charge in [0, 0.05) is 65.0 Å². The molecule has 5 heterocycles. The highest BCUT2D eigenvalue weighted by atomic mass is 32.1. The monoisotopic (exact) mass is 706 g/mol. The topological polar surface area (TPSA) is 28.3 Å². The summed E-state index contributed by atoms with van der Waals surface area (Å²) in [6.45, 7) is 0. The lowest BCUT2D eigenvalue weighted by Crippen LogP contribution is -2.49. The Morgan fingerprint density at radius 1 is 0.426 bits per heavy atom. The van der Waals surface area contributed by atoms with Crippen molar-refractivity contribution in [2.75, 3.05) is 0 Å². The average molecular weight is 707 g/mol. The summed E-state index contributed by atoms with van der Waals surface area (Å²) in [5, 5.41) is 7.66. The van der Waals surface area contributed by atoms with Crippen molar-refractivity contribution in [3.63, 3.8) is 0 Å². The van der Waals surface area contributed by atoms with Gasteiger partial charge in [0.15, 0.2) is 0 Å². The summed E-state index contributed by atoms with van der Waals surface area (Å²) >= 11 is 1.90. The largest absolute Gasteiger partial charge is 0.633 e. The first-order valence-electron chi connectivity index (χ1n) is 18.4. The fourth-order valence-corrected chi connectivity index (χ4v) is 10.7. The van der Waals surface area contributed by atoms with E-state index in [1.54, 1.807) is 0 Å². The van der Waals surface area contributed by atoms with Crippen LogP contribution in [0.4, 0.5) is 0 Å². The van der Waals surface area contributed by atoms with Gasteiger partial charge in [0.25, 0.3) is 0 Å². The van der Waals surface area contributed by atoms with Gasteiger partial charge in [-0.2, -0.15) is 0 Å². The number of hydrogen-bond acceptors (Lipinski definition) is 3. The Balaban J connectivity index is 1.28. The fraction of sp³-hybridized carbons (Fsp3) is 0. The van der Waals surface area contributed by atoms with E-state index in [-0.39, 0.29) is 0 Å². The van der Waals surface area contributed by atoms with Crippen LogP contribution >= 0.6 is 11.3 Å². The highest BCUT2D eigenvalue weighted by Crippen LogP contribution is 2.52. The second-order valence-corrected chi connectivity index (χ2v) is 15.4. The van der Waals surface area contributed by atoms with Crippen LogP contribution in [0.2, 0.25) is 0 Å². The van der Waals surface area contributed by atoms with Crippen molar-refractivity contribution < 1.29 is 9.31 Å². The van der Waals surface area contributed by atoms with Crippen LogP contribution in [0.5, 0.6) is 11.5 Å². The van der Waals surface area contributed by atoms with Crippen LogP contribution in [-0.4, -0.2) is 16.3 Å². The molecule has 13 rings (SSSR count). The highest BCUT2D eigenvalue weighted by molar-refractivity contribution is 7.27. The molecule has 0 saturated carbocycles. The molecule has 8 aromatic carbocycles. The molecule has 0 bridgehead atoms. The Morgan fingerprint density at radius 3 is 1.65 bits per heavy atom. The molecule has 0 amide bonds. The van der Waals surface area contributed by atoms with Gasteiger partial charge in [-0.15, -0.1) is 11.3 Å². The minimum absolute atomic E-state index is 0.525. The number of rotatable bonds is 2. The molecule has 6 heteroatoms. The second-order valence-electron chi connectivity index (χ2n) is 14.3. The van der Waals surface area contributed by atoms with E-state index in [0.29, 0.717) is 0 Å². The van der Waals surface area contributed by atoms with Gasteiger partial charge < -0.3 is 18.4 Å². The zero-order valence-corrected chi connectivity index (χ0v) is 29.6. The van der Waals surface area contributed by atoms with Crippen LogP contribution in [-0.2, 0) is 0 Å². The Labute approximate surface area is 313 Å². The smallest absolute Gasteiger partial charge is 0.521 e. The first-order valence-corrected chi connectivity index (χ1v) is 19.2. The van der Waals surface area contributed by atoms with Gasteiger partial charge in [-0.3, -0.25) is 0 Å². The lowest BCUT2D eigenvalue weighted by atomic mass is 9.66. The van der Waals surface area contributed by atoms with Crippen LogP contribution in [0.3, 0.4) is 0 Å². The van der Waals surface area contributed by atoms with Gasteiger partial charge in [-0.05, 0) is 65.7 Å². The van der Waals surface area contributed by atoms with Gasteiger partial charge in [0.05, 0.1) is 26.8 Å². The van der Waals surface area contributed by atoms with Crippen molar-refractivity contribution in [3.05, 3.63) is 164 Å². The molecular weight excluding hydrogens is 679 g/mol. The molecule has 0 saturated heterocycles. The molecular formula is C48H27BN2O2S. The molecule has 0 fully saturated rings. The van der Waals surface area contributed by atoms with Crippen LogP contribution in [0.25, 0.3) is 97.4 Å². The molecule has 250 valence electrons. The molecule has 2 aliphatic rings. The molecule has 0 radical (unpaired) electrons. The number of aromatic nitrogens is 2. The summed E-state index contributed by atoms with van der Waals surface area (Å²) in [7, 11) is -0.525. The third-order valence-corrected chi connectivity index (χ3v) is 12.7. The summed E-state index contributed by atoms with van der Waals surface area (Å²) in [5.74, 6) is 1.67. The SMILES string of the molecule is c1ccc(-n2c3ccccc3c3c4c5ccccc5sc4c4c(c5ccccc5n4-c4cc5c6c(c4)-c4ccccc4OB6Oc4ccccc4-5)c32)cc1. The van der Waals surface area contributed by atoms with Gasteiger partial charge >= 0.3 is 7.12 Å². The van der Waals surface area contributed by atoms with Crippen molar-refractivity contribution in [1.82, 2.24) is 9.13 Å². The zero-order valence-electron chi connectivity index (χ0n) is 28.8. The van der Waals surface area contributed by atoms with E-state index in [4.69, 9.17) is 9.31 Å². The van der Waals surface area contributed by atoms with Crippen LogP contribution in [0, 0.1) is 0 Å². The molecule has 0 spiro atoms. The van der Waals surface area contributed by atoms with E-state index >= 15 is 0 Å². The third kappa shape index (κ3) is 3.63. The molecule has 11 aromatic rings. The standard InChI is InChI=1S/C48H27BN2O2S/c1-2-14-28(15-3-1)50-37-21-9-4-18-32(37)42-43-34-20-8-13-25-41(34)54-48(43)47-44(46(42)50)33-19-5-10-22-38(33)51(47)29-26-35-30-16-6-11-23-39(30)52-49-45(35)36(27-29)31-17-7-12-24-40(31)53-49/h1-27H. The number of nitrogens with zero attached hydrogens (tertiary/aromatic N) is 2. The van der Waals surface area contributed by atoms with Crippen molar-refractivity contribution in [2.24, 2.45) is 0 Å². The quantitative estimate of drug-likeness (QED) is 0.167. The minimum atomic E-state index is -0.525. The van der Waals surface area contributed by atoms with E-state index < -0.39 is 7.12 Å². The van der Waals surface area contributed by atoms with E-state index in [1.807, 2.05) is 23.5 Å². The van der Waals surface area contributed by atoms with Crippen molar-refractivity contribution in [3.8, 4) is 45.1 Å². The summed E-state index contributed by atoms with van der Waals surface area (Å²) < 4.78 is 20.7. The van der Waals surface area contributed by atoms with E-state index in [0.717, 1.165) is 50.6 Å². The van der Waals surface area contributed by atoms with Gasteiger partial charge in [0.2, 0.25) is 0 Å². The lowest BCUT2D eigenvalue weighted by Gasteiger charge is -2.32. The Morgan fingerprint density at radius 2 is 0.963 bits per heavy atom. The minimum Gasteiger partial charge on any atom is -0.521 e. The number of benzene rings is 8. The van der Waals surface area contributed by atoms with Gasteiger partial charge in [-0.1, -0.05) is 109 Å². The van der Waals surface area contributed by atoms with Crippen molar-refractivity contribution in [1.29, 1.82) is 0 Å². The summed E-state index contributed by atoms with van der Waals surface area (Å²) in [4.78, 5) is 0. The maximum Gasteiger partial charge on any atom is 0.633 e. The maximum atomic E-state index is 6.56. The van der Waals surface area contributed by atoms with Crippen molar-refractivity contribution >= 4 is 87.7 Å². The number of thiophene rings is 1. The molecule has 0 atom stereocenters. The molecule has 4 nitrogen and oxygen atoms in total. The van der Waals surface area contributed by atoms with E-state index in [9.17, 15) is 0 Å². The summed E-state index contributed by atoms with van der Waals surface area (Å²) in [6, 6.07) is 59.1. The molecule has 2 aliphatic heterocycles. The Kier molecular flexibility index (Phi) is 5.56. The summed E-state index contributed by atoms with van der Waals surface area (Å²) in [5.41, 5.74) is 12.6. The normalized spacial score (nSPS) is 13.1. The molecule has 0 N–H and O–H groups in total. The van der Waals surface area contributed by atoms with E-state index in [2.05, 4.69) is 161 Å². The Bertz CT molecular complexity index is 3340. The Hall–Kier alpha value is -6.76. The second kappa shape index (κ2) is 10.4. The predicted molar refractivity (Wildman–Crippen MR) is 226 cm³/mol. The van der Waals surface area contributed by atoms with Gasteiger partial charge in [0.1, 0.15) is 11.5 Å². The van der Waals surface area contributed by atoms with Crippen LogP contribution < -0.4 is 14.8 Å². The number of hydrogen-bond donors (Lipinski definition) is 0. The highest BCUT2D eigenvalue weighted by Gasteiger charge is 2.42. The first kappa shape index (κ1) is 28.8. The molecule has 54 heavy (non-hydrogen) atoms. The fourth-order valence-electron chi connectivity index (χ4n) is 9.42. The predicted octanol–water partition coefficient (Wildman–Crippen LogP) is 12.1. The lowest BCUT2D eigenvalue weighted by molar-refractivity contribution is 0.436. The number of para-hydroxylation sites is 5. The van der Waals surface area contributed by atoms with Crippen LogP contribution in [0.15, 0.2) is 164 Å². The first-order chi connectivity index (χ1) is 26.8. The molecule has 0 unspecified atom stereocenters. The van der Waals surface area contributed by atoms with Crippen LogP contribution in [0.1, 0.15) is 0 Å². The number of fused-ring (bicyclic) bond motifs is 16. The zero-order chi connectivity index (χ0) is 35.1. The summed E-state index contributed by atoms with van der Waals surface area (Å²) in [6.07, 6.45) is 0. The third-order valence-electron chi connectivity index (χ3n) is 11.5.